The minimum atomic E-state index is -0.301. The molecule has 0 aliphatic rings. The van der Waals surface area contributed by atoms with Crippen molar-refractivity contribution in [1.82, 2.24) is 14.9 Å². The molecule has 0 radical (unpaired) electrons. The van der Waals surface area contributed by atoms with Gasteiger partial charge in [0.25, 0.3) is 5.56 Å². The van der Waals surface area contributed by atoms with Crippen LogP contribution in [0.15, 0.2) is 40.8 Å². The largest absolute Gasteiger partial charge is 0.350 e. The maximum absolute atomic E-state index is 13.2. The molecule has 0 saturated carbocycles. The predicted molar refractivity (Wildman–Crippen MR) is 86.9 cm³/mol. The van der Waals surface area contributed by atoms with E-state index in [1.807, 2.05) is 0 Å². The average Bonchev–Trinajstić information content (AvgIpc) is 3.01. The number of halogens is 1. The number of amides is 1. The van der Waals surface area contributed by atoms with Crippen LogP contribution in [-0.4, -0.2) is 15.5 Å². The van der Waals surface area contributed by atoms with Crippen molar-refractivity contribution < 1.29 is 9.18 Å². The number of nitrogens with one attached hydrogen (secondary N) is 1. The van der Waals surface area contributed by atoms with Gasteiger partial charge in [0.05, 0.1) is 11.7 Å². The quantitative estimate of drug-likeness (QED) is 0.797. The maximum Gasteiger partial charge on any atom is 0.262 e. The lowest BCUT2D eigenvalue weighted by molar-refractivity contribution is -0.121. The van der Waals surface area contributed by atoms with Gasteiger partial charge in [-0.2, -0.15) is 0 Å². The first-order chi connectivity index (χ1) is 11.0. The fourth-order valence-corrected chi connectivity index (χ4v) is 2.96. The molecule has 0 aliphatic heterocycles. The summed E-state index contributed by atoms with van der Waals surface area (Å²) in [6.45, 7) is 1.85. The predicted octanol–water partition coefficient (Wildman–Crippen LogP) is 2.22. The Morgan fingerprint density at radius 1 is 1.39 bits per heavy atom. The van der Waals surface area contributed by atoms with Crippen LogP contribution >= 0.6 is 11.3 Å². The van der Waals surface area contributed by atoms with Crippen molar-refractivity contribution in [3.8, 4) is 0 Å². The van der Waals surface area contributed by atoms with Gasteiger partial charge in [0, 0.05) is 6.54 Å². The van der Waals surface area contributed by atoms with Crippen molar-refractivity contribution in [2.45, 2.75) is 20.0 Å². The Bertz CT molecular complexity index is 932. The van der Waals surface area contributed by atoms with Crippen LogP contribution in [0, 0.1) is 12.7 Å². The van der Waals surface area contributed by atoms with E-state index in [0.29, 0.717) is 15.8 Å². The molecule has 0 aliphatic carbocycles. The van der Waals surface area contributed by atoms with E-state index in [1.54, 1.807) is 30.5 Å². The van der Waals surface area contributed by atoms with Gasteiger partial charge < -0.3 is 5.32 Å². The zero-order valence-electron chi connectivity index (χ0n) is 12.4. The summed E-state index contributed by atoms with van der Waals surface area (Å²) in [7, 11) is 0. The van der Waals surface area contributed by atoms with Gasteiger partial charge in [-0.15, -0.1) is 11.3 Å². The zero-order valence-corrected chi connectivity index (χ0v) is 13.2. The first kappa shape index (κ1) is 15.4. The molecule has 0 saturated heterocycles. The van der Waals surface area contributed by atoms with Gasteiger partial charge in [-0.25, -0.2) is 9.37 Å². The summed E-state index contributed by atoms with van der Waals surface area (Å²) in [6, 6.07) is 6.37. The molecule has 0 atom stereocenters. The monoisotopic (exact) mass is 331 g/mol. The van der Waals surface area contributed by atoms with E-state index < -0.39 is 0 Å². The maximum atomic E-state index is 13.2. The number of fused-ring (bicyclic) bond motifs is 1. The molecule has 7 heteroatoms. The molecule has 1 amide bonds. The first-order valence-corrected chi connectivity index (χ1v) is 7.87. The molecule has 0 bridgehead atoms. The van der Waals surface area contributed by atoms with Gasteiger partial charge in [-0.3, -0.25) is 14.2 Å². The molecule has 5 nitrogen and oxygen atoms in total. The van der Waals surface area contributed by atoms with Crippen molar-refractivity contribution in [2.24, 2.45) is 0 Å². The zero-order chi connectivity index (χ0) is 16.4. The number of thiophene rings is 1. The lowest BCUT2D eigenvalue weighted by Crippen LogP contribution is -2.32. The summed E-state index contributed by atoms with van der Waals surface area (Å²) in [6.07, 6.45) is 1.38. The van der Waals surface area contributed by atoms with Crippen LogP contribution < -0.4 is 10.9 Å². The summed E-state index contributed by atoms with van der Waals surface area (Å²) in [5, 5.41) is 5.02. The van der Waals surface area contributed by atoms with E-state index in [-0.39, 0.29) is 30.4 Å². The second-order valence-corrected chi connectivity index (χ2v) is 6.07. The highest BCUT2D eigenvalue weighted by molar-refractivity contribution is 7.16. The van der Waals surface area contributed by atoms with E-state index in [1.165, 1.54) is 28.3 Å². The molecule has 1 N–H and O–H groups in total. The van der Waals surface area contributed by atoms with E-state index in [4.69, 9.17) is 0 Å². The van der Waals surface area contributed by atoms with Crippen LogP contribution in [-0.2, 0) is 17.9 Å². The van der Waals surface area contributed by atoms with Crippen LogP contribution in [0.4, 0.5) is 4.39 Å². The fourth-order valence-electron chi connectivity index (χ4n) is 2.23. The Kier molecular flexibility index (Phi) is 4.20. The highest BCUT2D eigenvalue weighted by Crippen LogP contribution is 2.13. The van der Waals surface area contributed by atoms with E-state index in [9.17, 15) is 14.0 Å². The van der Waals surface area contributed by atoms with Crippen molar-refractivity contribution in [3.63, 3.8) is 0 Å². The molecule has 0 fully saturated rings. The van der Waals surface area contributed by atoms with Gasteiger partial charge in [-0.1, -0.05) is 12.1 Å². The van der Waals surface area contributed by atoms with Crippen molar-refractivity contribution in [1.29, 1.82) is 0 Å². The number of benzene rings is 1. The van der Waals surface area contributed by atoms with Crippen molar-refractivity contribution in [3.05, 3.63) is 63.3 Å². The highest BCUT2D eigenvalue weighted by atomic mass is 32.1. The smallest absolute Gasteiger partial charge is 0.262 e. The molecule has 3 rings (SSSR count). The van der Waals surface area contributed by atoms with Gasteiger partial charge in [0.15, 0.2) is 0 Å². The third-order valence-electron chi connectivity index (χ3n) is 3.48. The Morgan fingerprint density at radius 3 is 3.00 bits per heavy atom. The summed E-state index contributed by atoms with van der Waals surface area (Å²) < 4.78 is 14.5. The number of rotatable bonds is 4. The molecule has 0 spiro atoms. The minimum Gasteiger partial charge on any atom is -0.350 e. The van der Waals surface area contributed by atoms with Gasteiger partial charge in [0.2, 0.25) is 5.91 Å². The van der Waals surface area contributed by atoms with Gasteiger partial charge in [0.1, 0.15) is 17.2 Å². The summed E-state index contributed by atoms with van der Waals surface area (Å²) in [4.78, 5) is 29.0. The molecular weight excluding hydrogens is 317 g/mol. The molecule has 0 unspecified atom stereocenters. The summed E-state index contributed by atoms with van der Waals surface area (Å²) in [5.41, 5.74) is 1.10. The molecule has 23 heavy (non-hydrogen) atoms. The third kappa shape index (κ3) is 3.29. The Morgan fingerprint density at radius 2 is 2.22 bits per heavy atom. The number of aromatic nitrogens is 2. The number of aryl methyl sites for hydroxylation is 1. The Hall–Kier alpha value is -2.54. The molecule has 2 heterocycles. The fraction of sp³-hybridized carbons (Fsp3) is 0.188. The van der Waals surface area contributed by atoms with E-state index in [0.717, 1.165) is 5.56 Å². The van der Waals surface area contributed by atoms with Crippen LogP contribution in [0.1, 0.15) is 11.1 Å². The van der Waals surface area contributed by atoms with Crippen LogP contribution in [0.5, 0.6) is 0 Å². The lowest BCUT2D eigenvalue weighted by atomic mass is 10.1. The minimum absolute atomic E-state index is 0.0994. The second kappa shape index (κ2) is 6.29. The molecular formula is C16H14FN3O2S. The summed E-state index contributed by atoms with van der Waals surface area (Å²) >= 11 is 1.38. The van der Waals surface area contributed by atoms with Crippen LogP contribution in [0.3, 0.4) is 0 Å². The van der Waals surface area contributed by atoms with Crippen molar-refractivity contribution in [2.75, 3.05) is 0 Å². The number of hydrogen-bond acceptors (Lipinski definition) is 4. The normalized spacial score (nSPS) is 10.9. The molecule has 118 valence electrons. The highest BCUT2D eigenvalue weighted by Gasteiger charge is 2.09. The molecule has 2 aromatic heterocycles. The first-order valence-electron chi connectivity index (χ1n) is 6.99. The van der Waals surface area contributed by atoms with E-state index >= 15 is 0 Å². The lowest BCUT2D eigenvalue weighted by Gasteiger charge is -2.08. The topological polar surface area (TPSA) is 64.0 Å². The third-order valence-corrected chi connectivity index (χ3v) is 4.30. The standard InChI is InChI=1S/C16H14FN3O2S/c1-10-6-11(2-3-13(10)17)7-18-14(21)8-20-9-19-15-12(16(20)22)4-5-23-15/h2-6,9H,7-8H2,1H3,(H,18,21). The van der Waals surface area contributed by atoms with Gasteiger partial charge >= 0.3 is 0 Å². The summed E-state index contributed by atoms with van der Waals surface area (Å²) in [5.74, 6) is -0.577. The molecule has 1 aromatic carbocycles. The van der Waals surface area contributed by atoms with Gasteiger partial charge in [-0.05, 0) is 35.6 Å². The molecule has 3 aromatic rings. The number of hydrogen-bond donors (Lipinski definition) is 1. The van der Waals surface area contributed by atoms with Crippen molar-refractivity contribution >= 4 is 27.5 Å². The Balaban J connectivity index is 1.67. The average molecular weight is 331 g/mol. The number of carbonyl (C=O) groups is 1. The second-order valence-electron chi connectivity index (χ2n) is 5.18. The number of nitrogens with zero attached hydrogens (tertiary/aromatic N) is 2. The Labute approximate surface area is 135 Å². The van der Waals surface area contributed by atoms with Crippen LogP contribution in [0.2, 0.25) is 0 Å². The SMILES string of the molecule is Cc1cc(CNC(=O)Cn2cnc3sccc3c2=O)ccc1F. The number of carbonyl (C=O) groups excluding carboxylic acids is 1. The van der Waals surface area contributed by atoms with Crippen LogP contribution in [0.25, 0.3) is 10.2 Å². The van der Waals surface area contributed by atoms with E-state index in [2.05, 4.69) is 10.3 Å².